The van der Waals surface area contributed by atoms with E-state index in [2.05, 4.69) is 5.10 Å². The summed E-state index contributed by atoms with van der Waals surface area (Å²) in [4.78, 5) is 11.9. The molecule has 1 unspecified atom stereocenters. The highest BCUT2D eigenvalue weighted by atomic mass is 16.5. The summed E-state index contributed by atoms with van der Waals surface area (Å²) in [6.07, 6.45) is 4.17. The lowest BCUT2D eigenvalue weighted by molar-refractivity contribution is 0.0734. The van der Waals surface area contributed by atoms with Gasteiger partial charge in [0.1, 0.15) is 5.75 Å². The van der Waals surface area contributed by atoms with E-state index in [1.54, 1.807) is 17.9 Å². The third kappa shape index (κ3) is 2.72. The van der Waals surface area contributed by atoms with Crippen LogP contribution in [0.1, 0.15) is 28.3 Å². The number of aromatic nitrogens is 2. The molecule has 0 amide bonds. The van der Waals surface area contributed by atoms with Crippen molar-refractivity contribution < 1.29 is 14.3 Å². The minimum Gasteiger partial charge on any atom is -0.423 e. The van der Waals surface area contributed by atoms with E-state index in [-0.39, 0.29) is 0 Å². The van der Waals surface area contributed by atoms with Crippen LogP contribution in [0.5, 0.6) is 5.75 Å². The van der Waals surface area contributed by atoms with Crippen molar-refractivity contribution in [1.29, 1.82) is 0 Å². The van der Waals surface area contributed by atoms with Crippen molar-refractivity contribution >= 4 is 5.97 Å². The number of carbonyl (C=O) groups is 1. The monoisotopic (exact) mass is 272 g/mol. The molecule has 104 valence electrons. The largest absolute Gasteiger partial charge is 0.423 e. The Hall–Kier alpha value is -2.14. The average Bonchev–Trinajstić information content (AvgIpc) is 3.10. The zero-order valence-electron chi connectivity index (χ0n) is 11.3. The van der Waals surface area contributed by atoms with E-state index in [1.165, 1.54) is 11.8 Å². The Kier molecular flexibility index (Phi) is 3.52. The standard InChI is InChI=1S/C15H16N2O3/c1-17-9-13(8-16-17)15(18)20-14-4-2-11(3-5-14)12-6-7-19-10-12/h2-5,8-9,12H,6-7,10H2,1H3. The number of rotatable bonds is 3. The molecule has 1 aromatic heterocycles. The Morgan fingerprint density at radius 3 is 2.80 bits per heavy atom. The second-order valence-corrected chi connectivity index (χ2v) is 4.92. The summed E-state index contributed by atoms with van der Waals surface area (Å²) < 4.78 is 12.2. The van der Waals surface area contributed by atoms with Gasteiger partial charge in [-0.2, -0.15) is 5.10 Å². The number of aryl methyl sites for hydroxylation is 1. The molecule has 0 aliphatic carbocycles. The van der Waals surface area contributed by atoms with Gasteiger partial charge in [-0.3, -0.25) is 4.68 Å². The van der Waals surface area contributed by atoms with Crippen LogP contribution in [0.2, 0.25) is 0 Å². The van der Waals surface area contributed by atoms with Gasteiger partial charge >= 0.3 is 5.97 Å². The molecule has 1 atom stereocenters. The number of hydrogen-bond donors (Lipinski definition) is 0. The lowest BCUT2D eigenvalue weighted by Gasteiger charge is -2.09. The van der Waals surface area contributed by atoms with Crippen molar-refractivity contribution in [3.05, 3.63) is 47.8 Å². The molecule has 2 aromatic rings. The minimum atomic E-state index is -0.393. The smallest absolute Gasteiger partial charge is 0.346 e. The molecule has 0 saturated carbocycles. The van der Waals surface area contributed by atoms with Gasteiger partial charge in [0, 0.05) is 25.8 Å². The predicted molar refractivity (Wildman–Crippen MR) is 72.8 cm³/mol. The summed E-state index contributed by atoms with van der Waals surface area (Å²) in [6, 6.07) is 7.63. The van der Waals surface area contributed by atoms with Gasteiger partial charge < -0.3 is 9.47 Å². The zero-order chi connectivity index (χ0) is 13.9. The molecule has 5 heteroatoms. The van der Waals surface area contributed by atoms with Gasteiger partial charge in [-0.1, -0.05) is 12.1 Å². The van der Waals surface area contributed by atoms with Crippen LogP contribution < -0.4 is 4.74 Å². The van der Waals surface area contributed by atoms with Gasteiger partial charge in [0.25, 0.3) is 0 Å². The Labute approximate surface area is 117 Å². The van der Waals surface area contributed by atoms with E-state index in [0.717, 1.165) is 19.6 Å². The summed E-state index contributed by atoms with van der Waals surface area (Å²) in [6.45, 7) is 1.59. The first kappa shape index (κ1) is 12.9. The highest BCUT2D eigenvalue weighted by molar-refractivity contribution is 5.90. The van der Waals surface area contributed by atoms with Crippen molar-refractivity contribution in [3.63, 3.8) is 0 Å². The predicted octanol–water partition coefficient (Wildman–Crippen LogP) is 2.14. The summed E-state index contributed by atoms with van der Waals surface area (Å²) in [5, 5.41) is 3.95. The van der Waals surface area contributed by atoms with Gasteiger partial charge in [-0.05, 0) is 24.1 Å². The third-order valence-electron chi connectivity index (χ3n) is 3.43. The molecular weight excluding hydrogens is 256 g/mol. The Morgan fingerprint density at radius 2 is 2.20 bits per heavy atom. The normalized spacial score (nSPS) is 18.1. The molecule has 1 aromatic carbocycles. The quantitative estimate of drug-likeness (QED) is 0.634. The molecule has 20 heavy (non-hydrogen) atoms. The first-order valence-corrected chi connectivity index (χ1v) is 6.61. The van der Waals surface area contributed by atoms with Gasteiger partial charge in [0.2, 0.25) is 0 Å². The number of benzene rings is 1. The molecule has 1 fully saturated rings. The van der Waals surface area contributed by atoms with Crippen LogP contribution in [0.25, 0.3) is 0 Å². The Balaban J connectivity index is 1.67. The van der Waals surface area contributed by atoms with E-state index in [9.17, 15) is 4.79 Å². The lowest BCUT2D eigenvalue weighted by atomic mass is 9.99. The molecule has 0 radical (unpaired) electrons. The number of carbonyl (C=O) groups excluding carboxylic acids is 1. The van der Waals surface area contributed by atoms with Crippen LogP contribution in [0.15, 0.2) is 36.7 Å². The van der Waals surface area contributed by atoms with E-state index < -0.39 is 5.97 Å². The fourth-order valence-corrected chi connectivity index (χ4v) is 2.30. The van der Waals surface area contributed by atoms with Gasteiger partial charge in [-0.25, -0.2) is 4.79 Å². The van der Waals surface area contributed by atoms with Crippen LogP contribution >= 0.6 is 0 Å². The maximum atomic E-state index is 11.9. The minimum absolute atomic E-state index is 0.393. The molecule has 0 spiro atoms. The average molecular weight is 272 g/mol. The summed E-state index contributed by atoms with van der Waals surface area (Å²) in [5.74, 6) is 0.606. The first-order valence-electron chi connectivity index (χ1n) is 6.61. The van der Waals surface area contributed by atoms with Crippen molar-refractivity contribution in [3.8, 4) is 5.75 Å². The Bertz CT molecular complexity index is 598. The van der Waals surface area contributed by atoms with E-state index in [0.29, 0.717) is 17.2 Å². The second-order valence-electron chi connectivity index (χ2n) is 4.92. The summed E-state index contributed by atoms with van der Waals surface area (Å²) >= 11 is 0. The highest BCUT2D eigenvalue weighted by Crippen LogP contribution is 2.26. The zero-order valence-corrected chi connectivity index (χ0v) is 11.3. The van der Waals surface area contributed by atoms with Crippen molar-refractivity contribution in [2.24, 2.45) is 7.05 Å². The van der Waals surface area contributed by atoms with E-state index in [4.69, 9.17) is 9.47 Å². The molecule has 5 nitrogen and oxygen atoms in total. The number of ether oxygens (including phenoxy) is 2. The number of esters is 1. The van der Waals surface area contributed by atoms with Gasteiger partial charge in [0.15, 0.2) is 0 Å². The fraction of sp³-hybridized carbons (Fsp3) is 0.333. The fourth-order valence-electron chi connectivity index (χ4n) is 2.30. The molecule has 0 bridgehead atoms. The van der Waals surface area contributed by atoms with Crippen molar-refractivity contribution in [2.45, 2.75) is 12.3 Å². The molecule has 3 rings (SSSR count). The molecule has 1 saturated heterocycles. The van der Waals surface area contributed by atoms with Crippen molar-refractivity contribution in [1.82, 2.24) is 9.78 Å². The second kappa shape index (κ2) is 5.46. The van der Waals surface area contributed by atoms with Gasteiger partial charge in [0.05, 0.1) is 18.4 Å². The van der Waals surface area contributed by atoms with E-state index in [1.807, 2.05) is 24.3 Å². The third-order valence-corrected chi connectivity index (χ3v) is 3.43. The SMILES string of the molecule is Cn1cc(C(=O)Oc2ccc(C3CCOC3)cc2)cn1. The maximum Gasteiger partial charge on any atom is 0.346 e. The topological polar surface area (TPSA) is 53.4 Å². The van der Waals surface area contributed by atoms with Gasteiger partial charge in [-0.15, -0.1) is 0 Å². The number of hydrogen-bond acceptors (Lipinski definition) is 4. The molecule has 2 heterocycles. The summed E-state index contributed by atoms with van der Waals surface area (Å²) in [7, 11) is 1.76. The van der Waals surface area contributed by atoms with E-state index >= 15 is 0 Å². The van der Waals surface area contributed by atoms with Crippen LogP contribution in [-0.4, -0.2) is 29.0 Å². The maximum absolute atomic E-state index is 11.9. The highest BCUT2D eigenvalue weighted by Gasteiger charge is 2.18. The Morgan fingerprint density at radius 1 is 1.40 bits per heavy atom. The molecule has 1 aliphatic heterocycles. The molecule has 0 N–H and O–H groups in total. The van der Waals surface area contributed by atoms with Crippen LogP contribution in [-0.2, 0) is 11.8 Å². The van der Waals surface area contributed by atoms with Crippen LogP contribution in [0.4, 0.5) is 0 Å². The molecule has 1 aliphatic rings. The van der Waals surface area contributed by atoms with Crippen LogP contribution in [0, 0.1) is 0 Å². The summed E-state index contributed by atoms with van der Waals surface area (Å²) in [5.41, 5.74) is 1.67. The molecular formula is C15H16N2O3. The lowest BCUT2D eigenvalue weighted by Crippen LogP contribution is -2.07. The first-order chi connectivity index (χ1) is 9.72. The number of nitrogens with zero attached hydrogens (tertiary/aromatic N) is 2. The van der Waals surface area contributed by atoms with Crippen LogP contribution in [0.3, 0.4) is 0 Å². The van der Waals surface area contributed by atoms with Crippen molar-refractivity contribution in [2.75, 3.05) is 13.2 Å².